The number of likely N-dealkylation sites (N-methyl/N-ethyl adjacent to an activating group) is 1. The molecule has 2 N–H and O–H groups in total. The van der Waals surface area contributed by atoms with Crippen molar-refractivity contribution in [2.24, 2.45) is 0 Å². The zero-order valence-corrected chi connectivity index (χ0v) is 10.7. The van der Waals surface area contributed by atoms with Crippen LogP contribution in [0.25, 0.3) is 0 Å². The Morgan fingerprint density at radius 1 is 1.32 bits per heavy atom. The highest BCUT2D eigenvalue weighted by molar-refractivity contribution is 5.79. The number of benzene rings is 1. The molecular formula is C13H17NO5. The average Bonchev–Trinajstić information content (AvgIpc) is 2.42. The van der Waals surface area contributed by atoms with Crippen molar-refractivity contribution in [2.75, 3.05) is 13.7 Å². The predicted molar refractivity (Wildman–Crippen MR) is 67.5 cm³/mol. The first kappa shape index (κ1) is 15.0. The molecule has 104 valence electrons. The van der Waals surface area contributed by atoms with Gasteiger partial charge in [0.25, 0.3) is 0 Å². The zero-order valence-electron chi connectivity index (χ0n) is 10.7. The van der Waals surface area contributed by atoms with Gasteiger partial charge in [-0.25, -0.2) is 9.59 Å². The van der Waals surface area contributed by atoms with Gasteiger partial charge in [0, 0.05) is 20.1 Å². The first-order valence-corrected chi connectivity index (χ1v) is 5.83. The number of hydrogen-bond donors (Lipinski definition) is 2. The fourth-order valence-electron chi connectivity index (χ4n) is 1.55. The van der Waals surface area contributed by atoms with Gasteiger partial charge in [0.15, 0.2) is 0 Å². The van der Waals surface area contributed by atoms with Crippen molar-refractivity contribution in [1.82, 2.24) is 4.90 Å². The average molecular weight is 267 g/mol. The molecule has 0 radical (unpaired) electrons. The monoisotopic (exact) mass is 267 g/mol. The number of aliphatic hydroxyl groups is 1. The van der Waals surface area contributed by atoms with Crippen LogP contribution in [0.1, 0.15) is 12.0 Å². The minimum absolute atomic E-state index is 0.0354. The van der Waals surface area contributed by atoms with Gasteiger partial charge < -0.3 is 14.9 Å². The van der Waals surface area contributed by atoms with Crippen molar-refractivity contribution in [2.45, 2.75) is 19.1 Å². The van der Waals surface area contributed by atoms with Crippen molar-refractivity contribution in [3.63, 3.8) is 0 Å². The molecule has 1 aromatic carbocycles. The van der Waals surface area contributed by atoms with Crippen molar-refractivity contribution in [1.29, 1.82) is 0 Å². The predicted octanol–water partition coefficient (Wildman–Crippen LogP) is 1.09. The van der Waals surface area contributed by atoms with Crippen LogP contribution >= 0.6 is 0 Å². The summed E-state index contributed by atoms with van der Waals surface area (Å²) in [4.78, 5) is 23.6. The topological polar surface area (TPSA) is 87.1 Å². The number of ether oxygens (including phenoxy) is 1. The summed E-state index contributed by atoms with van der Waals surface area (Å²) in [5.41, 5.74) is 0.818. The van der Waals surface area contributed by atoms with Crippen molar-refractivity contribution >= 4 is 12.1 Å². The molecule has 0 aliphatic rings. The van der Waals surface area contributed by atoms with E-state index in [2.05, 4.69) is 0 Å². The van der Waals surface area contributed by atoms with E-state index >= 15 is 0 Å². The Morgan fingerprint density at radius 2 is 1.95 bits per heavy atom. The van der Waals surface area contributed by atoms with E-state index in [0.717, 1.165) is 10.5 Å². The number of aliphatic carboxylic acids is 1. The molecule has 1 aromatic rings. The van der Waals surface area contributed by atoms with Crippen LogP contribution in [0, 0.1) is 0 Å². The molecule has 6 heteroatoms. The number of carboxylic acids is 1. The smallest absolute Gasteiger partial charge is 0.410 e. The highest BCUT2D eigenvalue weighted by Gasteiger charge is 2.26. The molecule has 1 atom stereocenters. The van der Waals surface area contributed by atoms with Gasteiger partial charge in [-0.2, -0.15) is 0 Å². The molecule has 0 spiro atoms. The second-order valence-electron chi connectivity index (χ2n) is 4.02. The molecule has 0 aliphatic carbocycles. The lowest BCUT2D eigenvalue weighted by Crippen LogP contribution is -2.43. The summed E-state index contributed by atoms with van der Waals surface area (Å²) in [5.74, 6) is -1.17. The van der Waals surface area contributed by atoms with Crippen LogP contribution in [0.15, 0.2) is 30.3 Å². The molecule has 1 amide bonds. The Balaban J connectivity index is 2.54. The number of amides is 1. The number of aliphatic hydroxyl groups excluding tert-OH is 1. The van der Waals surface area contributed by atoms with Gasteiger partial charge in [0.05, 0.1) is 0 Å². The Morgan fingerprint density at radius 3 is 2.47 bits per heavy atom. The van der Waals surface area contributed by atoms with Gasteiger partial charge >= 0.3 is 12.1 Å². The van der Waals surface area contributed by atoms with E-state index in [9.17, 15) is 9.59 Å². The van der Waals surface area contributed by atoms with Gasteiger partial charge in [-0.05, 0) is 5.56 Å². The van der Waals surface area contributed by atoms with Gasteiger partial charge in [-0.15, -0.1) is 0 Å². The fourth-order valence-corrected chi connectivity index (χ4v) is 1.55. The third kappa shape index (κ3) is 4.59. The third-order valence-corrected chi connectivity index (χ3v) is 2.65. The summed E-state index contributed by atoms with van der Waals surface area (Å²) >= 11 is 0. The third-order valence-electron chi connectivity index (χ3n) is 2.65. The summed E-state index contributed by atoms with van der Waals surface area (Å²) in [6.45, 7) is -0.233. The molecule has 0 unspecified atom stereocenters. The van der Waals surface area contributed by atoms with Crippen molar-refractivity contribution < 1.29 is 24.5 Å². The minimum Gasteiger partial charge on any atom is -0.480 e. The minimum atomic E-state index is -1.17. The fraction of sp³-hybridized carbons (Fsp3) is 0.385. The number of carbonyl (C=O) groups is 2. The van der Waals surface area contributed by atoms with Crippen molar-refractivity contribution in [3.8, 4) is 0 Å². The Bertz CT molecular complexity index is 420. The molecule has 0 bridgehead atoms. The van der Waals surface area contributed by atoms with E-state index in [-0.39, 0.29) is 19.6 Å². The molecule has 1 rings (SSSR count). The number of nitrogens with zero attached hydrogens (tertiary/aromatic N) is 1. The van der Waals surface area contributed by atoms with Gasteiger partial charge in [0.1, 0.15) is 12.6 Å². The normalized spacial score (nSPS) is 11.7. The Hall–Kier alpha value is -2.08. The van der Waals surface area contributed by atoms with Gasteiger partial charge in [0.2, 0.25) is 0 Å². The highest BCUT2D eigenvalue weighted by atomic mass is 16.6. The maximum atomic E-state index is 11.7. The molecule has 19 heavy (non-hydrogen) atoms. The van der Waals surface area contributed by atoms with E-state index in [4.69, 9.17) is 14.9 Å². The lowest BCUT2D eigenvalue weighted by Gasteiger charge is -2.23. The summed E-state index contributed by atoms with van der Waals surface area (Å²) in [5, 5.41) is 17.7. The second kappa shape index (κ2) is 7.38. The number of carboxylic acid groups (broad SMARTS) is 1. The van der Waals surface area contributed by atoms with Gasteiger partial charge in [-0.1, -0.05) is 30.3 Å². The molecule has 0 saturated heterocycles. The SMILES string of the molecule is CN(C(=O)OCc1ccccc1)[C@@H](CCO)C(=O)O. The van der Waals surface area contributed by atoms with Gasteiger partial charge in [-0.3, -0.25) is 4.90 Å². The second-order valence-corrected chi connectivity index (χ2v) is 4.02. The summed E-state index contributed by atoms with van der Waals surface area (Å²) < 4.78 is 5.01. The van der Waals surface area contributed by atoms with E-state index in [1.54, 1.807) is 12.1 Å². The molecule has 0 aliphatic heterocycles. The number of hydrogen-bond acceptors (Lipinski definition) is 4. The summed E-state index contributed by atoms with van der Waals surface area (Å²) in [7, 11) is 1.34. The largest absolute Gasteiger partial charge is 0.480 e. The van der Waals surface area contributed by atoms with Crippen LogP contribution in [-0.2, 0) is 16.1 Å². The van der Waals surface area contributed by atoms with Crippen LogP contribution in [0.4, 0.5) is 4.79 Å². The Labute approximate surface area is 111 Å². The van der Waals surface area contributed by atoms with Crippen LogP contribution in [0.3, 0.4) is 0 Å². The molecular weight excluding hydrogens is 250 g/mol. The molecule has 0 saturated carbocycles. The molecule has 0 heterocycles. The molecule has 6 nitrogen and oxygen atoms in total. The first-order valence-electron chi connectivity index (χ1n) is 5.83. The standard InChI is InChI=1S/C13H17NO5/c1-14(11(7-8-15)12(16)17)13(18)19-9-10-5-3-2-4-6-10/h2-6,11,15H,7-9H2,1H3,(H,16,17)/t11-/m0/s1. The lowest BCUT2D eigenvalue weighted by atomic mass is 10.2. The van der Waals surface area contributed by atoms with Crippen LogP contribution < -0.4 is 0 Å². The summed E-state index contributed by atoms with van der Waals surface area (Å²) in [6.07, 6.45) is -0.767. The van der Waals surface area contributed by atoms with E-state index in [1.165, 1.54) is 7.05 Å². The zero-order chi connectivity index (χ0) is 14.3. The van der Waals surface area contributed by atoms with Crippen LogP contribution in [0.5, 0.6) is 0 Å². The van der Waals surface area contributed by atoms with E-state index < -0.39 is 18.1 Å². The molecule has 0 fully saturated rings. The summed E-state index contributed by atoms with van der Waals surface area (Å²) in [6, 6.07) is 8.00. The first-order chi connectivity index (χ1) is 9.06. The molecule has 0 aromatic heterocycles. The number of carbonyl (C=O) groups excluding carboxylic acids is 1. The highest BCUT2D eigenvalue weighted by Crippen LogP contribution is 2.07. The maximum Gasteiger partial charge on any atom is 0.410 e. The van der Waals surface area contributed by atoms with Crippen LogP contribution in [-0.4, -0.2) is 46.9 Å². The quantitative estimate of drug-likeness (QED) is 0.805. The van der Waals surface area contributed by atoms with E-state index in [0.29, 0.717) is 0 Å². The number of rotatable bonds is 6. The van der Waals surface area contributed by atoms with E-state index in [1.807, 2.05) is 18.2 Å². The Kier molecular flexibility index (Phi) is 5.81. The van der Waals surface area contributed by atoms with Crippen molar-refractivity contribution in [3.05, 3.63) is 35.9 Å². The van der Waals surface area contributed by atoms with Crippen LogP contribution in [0.2, 0.25) is 0 Å². The maximum absolute atomic E-state index is 11.7. The lowest BCUT2D eigenvalue weighted by molar-refractivity contribution is -0.142.